The first-order chi connectivity index (χ1) is 9.63. The van der Waals surface area contributed by atoms with Crippen LogP contribution in [0.5, 0.6) is 5.75 Å². The molecule has 2 N–H and O–H groups in total. The molecule has 106 valence electrons. The Hall–Kier alpha value is -2.27. The topological polar surface area (TPSA) is 74.7 Å². The molecular weight excluding hydrogens is 258 g/mol. The van der Waals surface area contributed by atoms with E-state index in [-0.39, 0.29) is 0 Å². The molecule has 0 aliphatic heterocycles. The molecule has 0 spiro atoms. The smallest absolute Gasteiger partial charge is 0.323 e. The normalized spacial score (nSPS) is 11.9. The zero-order valence-corrected chi connectivity index (χ0v) is 11.5. The third kappa shape index (κ3) is 3.19. The van der Waals surface area contributed by atoms with E-state index in [1.54, 1.807) is 13.2 Å². The summed E-state index contributed by atoms with van der Waals surface area (Å²) in [6, 6.07) is 10.5. The third-order valence-corrected chi connectivity index (χ3v) is 2.94. The second kappa shape index (κ2) is 6.25. The van der Waals surface area contributed by atoms with Crippen LogP contribution in [0.3, 0.4) is 0 Å². The largest absolute Gasteiger partial charge is 0.497 e. The van der Waals surface area contributed by atoms with Crippen molar-refractivity contribution in [1.29, 1.82) is 0 Å². The lowest BCUT2D eigenvalue weighted by Crippen LogP contribution is -2.33. The Morgan fingerprint density at radius 3 is 2.80 bits per heavy atom. The number of ether oxygens (including phenoxy) is 2. The molecule has 2 rings (SSSR count). The molecule has 0 radical (unpaired) electrons. The van der Waals surface area contributed by atoms with Crippen LogP contribution < -0.4 is 10.5 Å². The second-order valence-corrected chi connectivity index (χ2v) is 4.33. The fraction of sp³-hybridized carbons (Fsp3) is 0.267. The van der Waals surface area contributed by atoms with Gasteiger partial charge in [-0.2, -0.15) is 0 Å². The second-order valence-electron chi connectivity index (χ2n) is 4.33. The molecular formula is C15H17NO4. The molecule has 0 aliphatic carbocycles. The van der Waals surface area contributed by atoms with Gasteiger partial charge in [0, 0.05) is 12.0 Å². The summed E-state index contributed by atoms with van der Waals surface area (Å²) < 4.78 is 15.4. The summed E-state index contributed by atoms with van der Waals surface area (Å²) in [5.74, 6) is 1.65. The molecule has 5 heteroatoms. The Balaban J connectivity index is 2.14. The van der Waals surface area contributed by atoms with Crippen LogP contribution in [-0.4, -0.2) is 26.2 Å². The number of nitrogens with two attached hydrogens (primary N) is 1. The molecule has 1 unspecified atom stereocenters. The van der Waals surface area contributed by atoms with E-state index in [0.29, 0.717) is 17.9 Å². The average Bonchev–Trinajstić information content (AvgIpc) is 2.94. The van der Waals surface area contributed by atoms with Crippen molar-refractivity contribution in [3.63, 3.8) is 0 Å². The van der Waals surface area contributed by atoms with Gasteiger partial charge in [0.1, 0.15) is 23.3 Å². The van der Waals surface area contributed by atoms with Crippen LogP contribution in [-0.2, 0) is 16.0 Å². The van der Waals surface area contributed by atoms with Gasteiger partial charge in [0.25, 0.3) is 0 Å². The molecule has 1 heterocycles. The number of methoxy groups -OCH3 is 2. The predicted molar refractivity (Wildman–Crippen MR) is 74.4 cm³/mol. The van der Waals surface area contributed by atoms with Gasteiger partial charge >= 0.3 is 5.97 Å². The van der Waals surface area contributed by atoms with Crippen molar-refractivity contribution >= 4 is 5.97 Å². The van der Waals surface area contributed by atoms with Crippen molar-refractivity contribution in [2.24, 2.45) is 5.73 Å². The Bertz CT molecular complexity index is 591. The van der Waals surface area contributed by atoms with Gasteiger partial charge in [-0.05, 0) is 24.3 Å². The number of esters is 1. The fourth-order valence-corrected chi connectivity index (χ4v) is 1.87. The van der Waals surface area contributed by atoms with Crippen LogP contribution in [0.2, 0.25) is 0 Å². The zero-order valence-electron chi connectivity index (χ0n) is 11.5. The molecule has 1 aromatic carbocycles. The van der Waals surface area contributed by atoms with E-state index in [4.69, 9.17) is 14.9 Å². The maximum absolute atomic E-state index is 11.3. The maximum Gasteiger partial charge on any atom is 0.323 e. The maximum atomic E-state index is 11.3. The van der Waals surface area contributed by atoms with Crippen LogP contribution in [0.4, 0.5) is 0 Å². The molecule has 0 bridgehead atoms. The molecule has 2 aromatic rings. The minimum atomic E-state index is -0.718. The number of furan rings is 1. The van der Waals surface area contributed by atoms with Crippen molar-refractivity contribution < 1.29 is 18.7 Å². The first-order valence-corrected chi connectivity index (χ1v) is 6.20. The third-order valence-electron chi connectivity index (χ3n) is 2.94. The van der Waals surface area contributed by atoms with Gasteiger partial charge < -0.3 is 19.6 Å². The van der Waals surface area contributed by atoms with Crippen molar-refractivity contribution in [2.45, 2.75) is 12.5 Å². The van der Waals surface area contributed by atoms with Crippen LogP contribution in [0.1, 0.15) is 5.76 Å². The standard InChI is InChI=1S/C15H17NO4/c1-18-11-5-3-4-10(8-11)14-7-6-12(20-14)9-13(16)15(17)19-2/h3-8,13H,9,16H2,1-2H3. The SMILES string of the molecule is COC(=O)C(N)Cc1ccc(-c2cccc(OC)c2)o1. The van der Waals surface area contributed by atoms with Crippen molar-refractivity contribution in [2.75, 3.05) is 14.2 Å². The minimum Gasteiger partial charge on any atom is -0.497 e. The van der Waals surface area contributed by atoms with E-state index >= 15 is 0 Å². The number of rotatable bonds is 5. The van der Waals surface area contributed by atoms with E-state index in [1.807, 2.05) is 30.3 Å². The highest BCUT2D eigenvalue weighted by atomic mass is 16.5. The monoisotopic (exact) mass is 275 g/mol. The predicted octanol–water partition coefficient (Wildman–Crippen LogP) is 2.00. The van der Waals surface area contributed by atoms with Gasteiger partial charge in [0.2, 0.25) is 0 Å². The summed E-state index contributed by atoms with van der Waals surface area (Å²) >= 11 is 0. The summed E-state index contributed by atoms with van der Waals surface area (Å²) in [7, 11) is 2.92. The molecule has 0 saturated carbocycles. The molecule has 20 heavy (non-hydrogen) atoms. The number of hydrogen-bond acceptors (Lipinski definition) is 5. The highest BCUT2D eigenvalue weighted by Gasteiger charge is 2.16. The lowest BCUT2D eigenvalue weighted by atomic mass is 10.1. The first-order valence-electron chi connectivity index (χ1n) is 6.20. The molecule has 0 saturated heterocycles. The van der Waals surface area contributed by atoms with Crippen LogP contribution in [0.25, 0.3) is 11.3 Å². The number of hydrogen-bond donors (Lipinski definition) is 1. The lowest BCUT2D eigenvalue weighted by Gasteiger charge is -2.06. The summed E-state index contributed by atoms with van der Waals surface area (Å²) in [4.78, 5) is 11.3. The highest BCUT2D eigenvalue weighted by molar-refractivity contribution is 5.75. The summed E-state index contributed by atoms with van der Waals surface area (Å²) in [5.41, 5.74) is 6.60. The molecule has 1 aromatic heterocycles. The van der Waals surface area contributed by atoms with Gasteiger partial charge in [-0.3, -0.25) is 4.79 Å². The Kier molecular flexibility index (Phi) is 4.42. The minimum absolute atomic E-state index is 0.302. The van der Waals surface area contributed by atoms with E-state index < -0.39 is 12.0 Å². The Morgan fingerprint density at radius 2 is 2.10 bits per heavy atom. The van der Waals surface area contributed by atoms with E-state index in [0.717, 1.165) is 11.3 Å². The molecule has 0 aliphatic rings. The lowest BCUT2D eigenvalue weighted by molar-refractivity contribution is -0.142. The number of benzene rings is 1. The quantitative estimate of drug-likeness (QED) is 0.845. The van der Waals surface area contributed by atoms with E-state index in [2.05, 4.69) is 4.74 Å². The van der Waals surface area contributed by atoms with Crippen LogP contribution in [0.15, 0.2) is 40.8 Å². The summed E-state index contributed by atoms with van der Waals surface area (Å²) in [6.07, 6.45) is 0.302. The van der Waals surface area contributed by atoms with Crippen LogP contribution >= 0.6 is 0 Å². The average molecular weight is 275 g/mol. The zero-order chi connectivity index (χ0) is 14.5. The molecule has 0 fully saturated rings. The number of carbonyl (C=O) groups excluding carboxylic acids is 1. The van der Waals surface area contributed by atoms with E-state index in [1.165, 1.54) is 7.11 Å². The Labute approximate surface area is 117 Å². The molecule has 0 amide bonds. The Morgan fingerprint density at radius 1 is 1.30 bits per heavy atom. The fourth-order valence-electron chi connectivity index (χ4n) is 1.87. The van der Waals surface area contributed by atoms with Crippen molar-refractivity contribution in [1.82, 2.24) is 0 Å². The molecule has 5 nitrogen and oxygen atoms in total. The van der Waals surface area contributed by atoms with Crippen molar-refractivity contribution in [3.8, 4) is 17.1 Å². The van der Waals surface area contributed by atoms with Gasteiger partial charge in [-0.25, -0.2) is 0 Å². The number of carbonyl (C=O) groups is 1. The highest BCUT2D eigenvalue weighted by Crippen LogP contribution is 2.26. The van der Waals surface area contributed by atoms with Crippen molar-refractivity contribution in [3.05, 3.63) is 42.2 Å². The molecule has 1 atom stereocenters. The van der Waals surface area contributed by atoms with Gasteiger partial charge in [-0.15, -0.1) is 0 Å². The van der Waals surface area contributed by atoms with Gasteiger partial charge in [-0.1, -0.05) is 12.1 Å². The first kappa shape index (κ1) is 14.1. The van der Waals surface area contributed by atoms with E-state index in [9.17, 15) is 4.79 Å². The summed E-state index contributed by atoms with van der Waals surface area (Å²) in [6.45, 7) is 0. The summed E-state index contributed by atoms with van der Waals surface area (Å²) in [5, 5.41) is 0. The van der Waals surface area contributed by atoms with Gasteiger partial charge in [0.05, 0.1) is 14.2 Å². The van der Waals surface area contributed by atoms with Gasteiger partial charge in [0.15, 0.2) is 0 Å². The van der Waals surface area contributed by atoms with Crippen LogP contribution in [0, 0.1) is 0 Å².